The van der Waals surface area contributed by atoms with Crippen molar-refractivity contribution in [2.75, 3.05) is 13.2 Å². The molecule has 0 saturated carbocycles. The van der Waals surface area contributed by atoms with Crippen LogP contribution < -0.4 is 5.56 Å². The number of ether oxygens (including phenoxy) is 1. The number of benzene rings is 1. The van der Waals surface area contributed by atoms with Crippen molar-refractivity contribution in [1.29, 1.82) is 0 Å². The molecule has 0 bridgehead atoms. The Morgan fingerprint density at radius 2 is 2.04 bits per heavy atom. The van der Waals surface area contributed by atoms with Crippen molar-refractivity contribution in [3.05, 3.63) is 39.4 Å². The number of fused-ring (bicyclic) bond motifs is 1. The smallest absolute Gasteiger partial charge is 0.261 e. The fourth-order valence-corrected chi connectivity index (χ4v) is 3.49. The van der Waals surface area contributed by atoms with Gasteiger partial charge in [0.25, 0.3) is 5.56 Å². The van der Waals surface area contributed by atoms with Gasteiger partial charge in [-0.1, -0.05) is 4.40 Å². The highest BCUT2D eigenvalue weighted by Gasteiger charge is 2.28. The summed E-state index contributed by atoms with van der Waals surface area (Å²) in [5.74, 6) is 0.857. The van der Waals surface area contributed by atoms with Crippen molar-refractivity contribution >= 4 is 28.0 Å². The highest BCUT2D eigenvalue weighted by molar-refractivity contribution is 7.91. The Morgan fingerprint density at radius 1 is 1.38 bits per heavy atom. The summed E-state index contributed by atoms with van der Waals surface area (Å²) in [5, 5.41) is 0.558. The van der Waals surface area contributed by atoms with Crippen molar-refractivity contribution in [2.45, 2.75) is 45.3 Å². The minimum Gasteiger partial charge on any atom is -0.591 e. The van der Waals surface area contributed by atoms with Gasteiger partial charge in [-0.25, -0.2) is 4.98 Å². The molecule has 3 rings (SSSR count). The molecule has 1 aromatic carbocycles. The molecule has 7 heteroatoms. The first-order chi connectivity index (χ1) is 12.1. The lowest BCUT2D eigenvalue weighted by molar-refractivity contribution is 0.00340. The van der Waals surface area contributed by atoms with Crippen LogP contribution in [0.25, 0.3) is 10.9 Å². The van der Waals surface area contributed by atoms with Crippen LogP contribution >= 0.6 is 0 Å². The van der Waals surface area contributed by atoms with Gasteiger partial charge in [0.2, 0.25) is 0 Å². The molecule has 2 heterocycles. The number of hydrogen-bond donors (Lipinski definition) is 0. The van der Waals surface area contributed by atoms with Gasteiger partial charge in [0.05, 0.1) is 35.7 Å². The molecule has 0 radical (unpaired) electrons. The Balaban J connectivity index is 2.23. The van der Waals surface area contributed by atoms with E-state index < -0.39 is 16.1 Å². The molecule has 1 aromatic heterocycles. The maximum Gasteiger partial charge on any atom is 0.261 e. The van der Waals surface area contributed by atoms with Crippen LogP contribution in [0.5, 0.6) is 0 Å². The second-order valence-electron chi connectivity index (χ2n) is 7.82. The lowest BCUT2D eigenvalue weighted by Gasteiger charge is -2.27. The summed E-state index contributed by atoms with van der Waals surface area (Å²) in [7, 11) is 1.75. The average molecular weight is 375 g/mol. The zero-order valence-electron chi connectivity index (χ0n) is 16.1. The van der Waals surface area contributed by atoms with Gasteiger partial charge in [-0.15, -0.1) is 0 Å². The lowest BCUT2D eigenvalue weighted by atomic mass is 10.0. The third kappa shape index (κ3) is 3.43. The maximum atomic E-state index is 12.9. The number of rotatable bonds is 3. The summed E-state index contributed by atoms with van der Waals surface area (Å²) in [6.45, 7) is 10.6. The first-order valence-corrected chi connectivity index (χ1v) is 9.77. The molecule has 0 amide bonds. The van der Waals surface area contributed by atoms with Crippen LogP contribution in [0, 0.1) is 6.92 Å². The number of hydrogen-bond acceptors (Lipinski definition) is 5. The molecule has 0 N–H and O–H groups in total. The first-order valence-electron chi connectivity index (χ1n) is 8.66. The first kappa shape index (κ1) is 19.1. The van der Waals surface area contributed by atoms with Crippen LogP contribution in [0.4, 0.5) is 0 Å². The molecule has 140 valence electrons. The summed E-state index contributed by atoms with van der Waals surface area (Å²) in [5.41, 5.74) is 2.88. The zero-order chi connectivity index (χ0) is 19.2. The van der Waals surface area contributed by atoms with Crippen molar-refractivity contribution in [1.82, 2.24) is 9.55 Å². The molecule has 26 heavy (non-hydrogen) atoms. The van der Waals surface area contributed by atoms with Gasteiger partial charge in [0, 0.05) is 12.6 Å². The van der Waals surface area contributed by atoms with E-state index in [2.05, 4.69) is 4.40 Å². The topological polar surface area (TPSA) is 79.5 Å². The third-order valence-corrected chi connectivity index (χ3v) is 5.98. The molecule has 1 aliphatic heterocycles. The number of aromatic nitrogens is 2. The van der Waals surface area contributed by atoms with Gasteiger partial charge in [-0.05, 0) is 52.3 Å². The van der Waals surface area contributed by atoms with Gasteiger partial charge in [-0.2, -0.15) is 0 Å². The molecule has 1 saturated heterocycles. The normalized spacial score (nSPS) is 17.4. The SMILES string of the molecule is CC(=N[S+]([O-])C(C)(C)C)c1cc(C)cc2c(=O)n(C)c(C3COC3)nc12. The van der Waals surface area contributed by atoms with Gasteiger partial charge in [0.1, 0.15) is 21.9 Å². The van der Waals surface area contributed by atoms with Crippen molar-refractivity contribution in [2.24, 2.45) is 11.4 Å². The van der Waals surface area contributed by atoms with E-state index in [1.807, 2.05) is 46.8 Å². The van der Waals surface area contributed by atoms with Gasteiger partial charge >= 0.3 is 0 Å². The van der Waals surface area contributed by atoms with E-state index in [0.29, 0.717) is 29.8 Å². The summed E-state index contributed by atoms with van der Waals surface area (Å²) < 4.78 is 23.3. The van der Waals surface area contributed by atoms with Crippen molar-refractivity contribution < 1.29 is 9.29 Å². The van der Waals surface area contributed by atoms with Crippen LogP contribution in [0.3, 0.4) is 0 Å². The van der Waals surface area contributed by atoms with E-state index in [1.54, 1.807) is 11.6 Å². The fourth-order valence-electron chi connectivity index (χ4n) is 2.87. The molecule has 1 unspecified atom stereocenters. The van der Waals surface area contributed by atoms with E-state index in [-0.39, 0.29) is 11.5 Å². The molecule has 6 nitrogen and oxygen atoms in total. The number of aryl methyl sites for hydroxylation is 1. The van der Waals surface area contributed by atoms with Crippen LogP contribution in [-0.4, -0.2) is 37.8 Å². The average Bonchev–Trinajstić information content (AvgIpc) is 2.49. The second kappa shape index (κ2) is 6.79. The van der Waals surface area contributed by atoms with Gasteiger partial charge in [-0.3, -0.25) is 9.36 Å². The fraction of sp³-hybridized carbons (Fsp3) is 0.526. The molecule has 1 atom stereocenters. The molecule has 1 aliphatic rings. The van der Waals surface area contributed by atoms with E-state index in [4.69, 9.17) is 9.72 Å². The molecule has 2 aromatic rings. The lowest BCUT2D eigenvalue weighted by Crippen LogP contribution is -2.33. The number of nitrogens with zero attached hydrogens (tertiary/aromatic N) is 3. The Kier molecular flexibility index (Phi) is 4.98. The van der Waals surface area contributed by atoms with E-state index >= 15 is 0 Å². The predicted octanol–water partition coefficient (Wildman–Crippen LogP) is 2.63. The quantitative estimate of drug-likeness (QED) is 0.610. The molecule has 1 fully saturated rings. The highest BCUT2D eigenvalue weighted by atomic mass is 32.2. The third-order valence-electron chi connectivity index (χ3n) is 4.50. The van der Waals surface area contributed by atoms with Gasteiger partial charge in [0.15, 0.2) is 0 Å². The van der Waals surface area contributed by atoms with Crippen LogP contribution in [0.15, 0.2) is 21.3 Å². The predicted molar refractivity (Wildman–Crippen MR) is 105 cm³/mol. The van der Waals surface area contributed by atoms with E-state index in [9.17, 15) is 9.35 Å². The zero-order valence-corrected chi connectivity index (χ0v) is 16.9. The summed E-state index contributed by atoms with van der Waals surface area (Å²) in [6, 6.07) is 3.80. The largest absolute Gasteiger partial charge is 0.591 e. The maximum absolute atomic E-state index is 12.9. The molecule has 0 spiro atoms. The van der Waals surface area contributed by atoms with Gasteiger partial charge < -0.3 is 9.29 Å². The van der Waals surface area contributed by atoms with Crippen LogP contribution in [0.2, 0.25) is 0 Å². The Bertz CT molecular complexity index is 940. The highest BCUT2D eigenvalue weighted by Crippen LogP contribution is 2.26. The Morgan fingerprint density at radius 3 is 2.58 bits per heavy atom. The van der Waals surface area contributed by atoms with Crippen LogP contribution in [0.1, 0.15) is 50.6 Å². The minimum absolute atomic E-state index is 0.0772. The van der Waals surface area contributed by atoms with E-state index in [0.717, 1.165) is 17.0 Å². The van der Waals surface area contributed by atoms with E-state index in [1.165, 1.54) is 0 Å². The Labute approximate surface area is 156 Å². The summed E-state index contributed by atoms with van der Waals surface area (Å²) in [6.07, 6.45) is 0. The monoisotopic (exact) mass is 375 g/mol. The summed E-state index contributed by atoms with van der Waals surface area (Å²) >= 11 is -1.37. The van der Waals surface area contributed by atoms with Crippen LogP contribution in [-0.2, 0) is 23.1 Å². The molecular weight excluding hydrogens is 350 g/mol. The van der Waals surface area contributed by atoms with Crippen molar-refractivity contribution in [3.63, 3.8) is 0 Å². The Hall–Kier alpha value is -1.70. The molecule has 0 aliphatic carbocycles. The standard InChI is InChI=1S/C19H25N3O3S/c1-11-7-14(12(2)21-26(24)19(3,4)5)16-15(8-11)18(23)22(6)17(20-16)13-9-25-10-13/h7-8,13H,9-10H2,1-6H3. The minimum atomic E-state index is -1.37. The second-order valence-corrected chi connectivity index (χ2v) is 9.72. The van der Waals surface area contributed by atoms with Crippen molar-refractivity contribution in [3.8, 4) is 0 Å². The summed E-state index contributed by atoms with van der Waals surface area (Å²) in [4.78, 5) is 17.7. The molecular formula is C19H25N3O3S.